The van der Waals surface area contributed by atoms with Gasteiger partial charge >= 0.3 is 6.03 Å². The van der Waals surface area contributed by atoms with Gasteiger partial charge in [-0.2, -0.15) is 0 Å². The fourth-order valence-electron chi connectivity index (χ4n) is 2.29. The van der Waals surface area contributed by atoms with E-state index in [1.54, 1.807) is 20.3 Å². The first kappa shape index (κ1) is 16.7. The number of hydrogen-bond acceptors (Lipinski definition) is 3. The topological polar surface area (TPSA) is 59.6 Å². The molecular weight excluding hydrogens is 292 g/mol. The van der Waals surface area contributed by atoms with Gasteiger partial charge in [0.1, 0.15) is 11.5 Å². The van der Waals surface area contributed by atoms with E-state index in [1.807, 2.05) is 37.3 Å². The van der Waals surface area contributed by atoms with Crippen molar-refractivity contribution in [3.8, 4) is 11.5 Å². The summed E-state index contributed by atoms with van der Waals surface area (Å²) in [6.45, 7) is 2.56. The lowest BCUT2D eigenvalue weighted by Gasteiger charge is -2.11. The summed E-state index contributed by atoms with van der Waals surface area (Å²) in [6, 6.07) is 13.0. The summed E-state index contributed by atoms with van der Waals surface area (Å²) in [6.07, 6.45) is 0.705. The van der Waals surface area contributed by atoms with Gasteiger partial charge < -0.3 is 20.1 Å². The number of amides is 2. The van der Waals surface area contributed by atoms with Crippen LogP contribution in [-0.4, -0.2) is 26.8 Å². The number of hydrogen-bond donors (Lipinski definition) is 2. The van der Waals surface area contributed by atoms with Crippen molar-refractivity contribution in [3.05, 3.63) is 53.6 Å². The number of carbonyl (C=O) groups is 1. The van der Waals surface area contributed by atoms with Gasteiger partial charge in [-0.1, -0.05) is 23.8 Å². The third kappa shape index (κ3) is 4.92. The van der Waals surface area contributed by atoms with Crippen LogP contribution in [0.3, 0.4) is 0 Å². The van der Waals surface area contributed by atoms with Crippen molar-refractivity contribution >= 4 is 11.7 Å². The Morgan fingerprint density at radius 1 is 1.09 bits per heavy atom. The number of nitrogens with one attached hydrogen (secondary N) is 2. The monoisotopic (exact) mass is 314 g/mol. The molecule has 0 saturated carbocycles. The lowest BCUT2D eigenvalue weighted by atomic mass is 10.1. The van der Waals surface area contributed by atoms with E-state index < -0.39 is 0 Å². The maximum atomic E-state index is 11.9. The highest BCUT2D eigenvalue weighted by Crippen LogP contribution is 2.20. The lowest BCUT2D eigenvalue weighted by Crippen LogP contribution is -2.30. The molecule has 0 radical (unpaired) electrons. The van der Waals surface area contributed by atoms with Gasteiger partial charge in [-0.3, -0.25) is 0 Å². The Morgan fingerprint density at radius 2 is 1.91 bits per heavy atom. The number of anilines is 1. The Hall–Kier alpha value is -2.69. The third-order valence-corrected chi connectivity index (χ3v) is 3.44. The van der Waals surface area contributed by atoms with Gasteiger partial charge in [-0.05, 0) is 37.1 Å². The second kappa shape index (κ2) is 8.08. The van der Waals surface area contributed by atoms with Crippen LogP contribution in [-0.2, 0) is 6.42 Å². The van der Waals surface area contributed by atoms with Crippen molar-refractivity contribution in [2.24, 2.45) is 0 Å². The number of methoxy groups -OCH3 is 2. The van der Waals surface area contributed by atoms with Gasteiger partial charge in [0.15, 0.2) is 0 Å². The molecule has 0 heterocycles. The van der Waals surface area contributed by atoms with E-state index in [-0.39, 0.29) is 6.03 Å². The molecule has 0 unspecified atom stereocenters. The highest BCUT2D eigenvalue weighted by molar-refractivity contribution is 5.89. The van der Waals surface area contributed by atoms with Crippen LogP contribution in [0.15, 0.2) is 42.5 Å². The van der Waals surface area contributed by atoms with Crippen LogP contribution in [0.1, 0.15) is 11.1 Å². The molecule has 2 N–H and O–H groups in total. The molecule has 0 saturated heterocycles. The number of urea groups is 1. The molecule has 2 aromatic carbocycles. The number of aryl methyl sites for hydroxylation is 1. The zero-order valence-corrected chi connectivity index (χ0v) is 13.7. The van der Waals surface area contributed by atoms with Crippen molar-refractivity contribution in [2.75, 3.05) is 26.1 Å². The number of ether oxygens (including phenoxy) is 2. The molecule has 0 spiro atoms. The van der Waals surface area contributed by atoms with Crippen molar-refractivity contribution in [2.45, 2.75) is 13.3 Å². The van der Waals surface area contributed by atoms with E-state index in [2.05, 4.69) is 16.7 Å². The first-order valence-corrected chi connectivity index (χ1v) is 7.45. The van der Waals surface area contributed by atoms with Gasteiger partial charge in [0.05, 0.1) is 14.2 Å². The van der Waals surface area contributed by atoms with Crippen molar-refractivity contribution < 1.29 is 14.3 Å². The Bertz CT molecular complexity index is 671. The van der Waals surface area contributed by atoms with E-state index in [4.69, 9.17) is 9.47 Å². The van der Waals surface area contributed by atoms with Crippen molar-refractivity contribution in [1.82, 2.24) is 5.32 Å². The van der Waals surface area contributed by atoms with Gasteiger partial charge in [0, 0.05) is 18.3 Å². The quantitative estimate of drug-likeness (QED) is 0.859. The minimum atomic E-state index is -0.245. The van der Waals surface area contributed by atoms with Gasteiger partial charge in [-0.25, -0.2) is 4.79 Å². The van der Waals surface area contributed by atoms with Gasteiger partial charge in [-0.15, -0.1) is 0 Å². The SMILES string of the molecule is COc1cccc(NC(=O)NCCc2cc(C)ccc2OC)c1. The maximum absolute atomic E-state index is 11.9. The zero-order valence-electron chi connectivity index (χ0n) is 13.7. The molecule has 2 rings (SSSR count). The first-order valence-electron chi connectivity index (χ1n) is 7.45. The summed E-state index contributed by atoms with van der Waals surface area (Å²) in [7, 11) is 3.24. The summed E-state index contributed by atoms with van der Waals surface area (Å²) in [4.78, 5) is 11.9. The Kier molecular flexibility index (Phi) is 5.86. The summed E-state index contributed by atoms with van der Waals surface area (Å²) in [5.74, 6) is 1.54. The second-order valence-corrected chi connectivity index (χ2v) is 5.18. The van der Waals surface area contributed by atoms with Crippen LogP contribution in [0, 0.1) is 6.92 Å². The van der Waals surface area contributed by atoms with Crippen LogP contribution in [0.5, 0.6) is 11.5 Å². The van der Waals surface area contributed by atoms with Crippen molar-refractivity contribution in [3.63, 3.8) is 0 Å². The Morgan fingerprint density at radius 3 is 2.65 bits per heavy atom. The molecule has 0 aromatic heterocycles. The average Bonchev–Trinajstić information content (AvgIpc) is 2.55. The molecule has 0 aliphatic heterocycles. The molecule has 122 valence electrons. The molecule has 5 heteroatoms. The highest BCUT2D eigenvalue weighted by Gasteiger charge is 2.05. The second-order valence-electron chi connectivity index (χ2n) is 5.18. The summed E-state index contributed by atoms with van der Waals surface area (Å²) in [5.41, 5.74) is 2.94. The summed E-state index contributed by atoms with van der Waals surface area (Å²) in [5, 5.41) is 5.62. The third-order valence-electron chi connectivity index (χ3n) is 3.44. The molecule has 23 heavy (non-hydrogen) atoms. The van der Waals surface area contributed by atoms with E-state index in [1.165, 1.54) is 5.56 Å². The minimum Gasteiger partial charge on any atom is -0.497 e. The largest absolute Gasteiger partial charge is 0.497 e. The zero-order chi connectivity index (χ0) is 16.7. The number of carbonyl (C=O) groups excluding carboxylic acids is 1. The van der Waals surface area contributed by atoms with E-state index >= 15 is 0 Å². The van der Waals surface area contributed by atoms with Crippen LogP contribution in [0.2, 0.25) is 0 Å². The predicted octanol–water partition coefficient (Wildman–Crippen LogP) is 3.38. The number of benzene rings is 2. The Labute approximate surface area is 136 Å². The molecule has 0 aliphatic carbocycles. The van der Waals surface area contributed by atoms with Crippen LogP contribution in [0.4, 0.5) is 10.5 Å². The summed E-state index contributed by atoms with van der Waals surface area (Å²) < 4.78 is 10.5. The van der Waals surface area contributed by atoms with E-state index in [0.29, 0.717) is 24.4 Å². The van der Waals surface area contributed by atoms with Gasteiger partial charge in [0.25, 0.3) is 0 Å². The molecule has 5 nitrogen and oxygen atoms in total. The molecule has 0 aliphatic rings. The number of rotatable bonds is 6. The van der Waals surface area contributed by atoms with Crippen LogP contribution in [0.25, 0.3) is 0 Å². The smallest absolute Gasteiger partial charge is 0.319 e. The standard InChI is InChI=1S/C18H22N2O3/c1-13-7-8-17(23-3)14(11-13)9-10-19-18(21)20-15-5-4-6-16(12-15)22-2/h4-8,11-12H,9-10H2,1-3H3,(H2,19,20,21). The van der Waals surface area contributed by atoms with Crippen LogP contribution < -0.4 is 20.1 Å². The normalized spacial score (nSPS) is 10.0. The average molecular weight is 314 g/mol. The van der Waals surface area contributed by atoms with E-state index in [0.717, 1.165) is 11.3 Å². The Balaban J connectivity index is 1.86. The molecule has 0 fully saturated rings. The fraction of sp³-hybridized carbons (Fsp3) is 0.278. The highest BCUT2D eigenvalue weighted by atomic mass is 16.5. The first-order chi connectivity index (χ1) is 11.1. The molecule has 2 amide bonds. The molecule has 2 aromatic rings. The van der Waals surface area contributed by atoms with Gasteiger partial charge in [0.2, 0.25) is 0 Å². The minimum absolute atomic E-state index is 0.245. The van der Waals surface area contributed by atoms with E-state index in [9.17, 15) is 4.79 Å². The molecule has 0 bridgehead atoms. The maximum Gasteiger partial charge on any atom is 0.319 e. The summed E-state index contributed by atoms with van der Waals surface area (Å²) >= 11 is 0. The van der Waals surface area contributed by atoms with Crippen LogP contribution >= 0.6 is 0 Å². The molecule has 0 atom stereocenters. The van der Waals surface area contributed by atoms with Crippen molar-refractivity contribution in [1.29, 1.82) is 0 Å². The fourth-order valence-corrected chi connectivity index (χ4v) is 2.29. The molecular formula is C18H22N2O3. The predicted molar refractivity (Wildman–Crippen MR) is 91.5 cm³/mol. The lowest BCUT2D eigenvalue weighted by molar-refractivity contribution is 0.252.